The molecule has 2 atom stereocenters. The lowest BCUT2D eigenvalue weighted by molar-refractivity contribution is 0.0428. The molecule has 1 aromatic carbocycles. The fourth-order valence-corrected chi connectivity index (χ4v) is 3.25. The highest BCUT2D eigenvalue weighted by Gasteiger charge is 2.33. The summed E-state index contributed by atoms with van der Waals surface area (Å²) in [6, 6.07) is 4.07. The summed E-state index contributed by atoms with van der Waals surface area (Å²) in [4.78, 5) is 16.5. The van der Waals surface area contributed by atoms with Crippen LogP contribution in [0.25, 0.3) is 5.65 Å². The van der Waals surface area contributed by atoms with Crippen LogP contribution in [0.1, 0.15) is 35.8 Å². The Balaban J connectivity index is 1.68. The van der Waals surface area contributed by atoms with Gasteiger partial charge in [-0.15, -0.1) is 0 Å². The van der Waals surface area contributed by atoms with Gasteiger partial charge < -0.3 is 20.1 Å². The van der Waals surface area contributed by atoms with Gasteiger partial charge in [-0.2, -0.15) is 5.10 Å². The first-order valence-corrected chi connectivity index (χ1v) is 9.45. The Morgan fingerprint density at radius 3 is 3.00 bits per heavy atom. The van der Waals surface area contributed by atoms with Crippen LogP contribution >= 0.6 is 0 Å². The van der Waals surface area contributed by atoms with E-state index in [2.05, 4.69) is 27.3 Å². The van der Waals surface area contributed by atoms with Crippen molar-refractivity contribution in [3.63, 3.8) is 0 Å². The SMILES string of the molecule is C=C[C@@]1(C)COc2cc(F)cc([C@@H](C)Nc3ccn4ncc(C(=O)NC)c4n3)c2O1. The number of ether oxygens (including phenoxy) is 2. The van der Waals surface area contributed by atoms with Gasteiger partial charge in [-0.3, -0.25) is 4.79 Å². The number of fused-ring (bicyclic) bond motifs is 2. The van der Waals surface area contributed by atoms with Gasteiger partial charge in [0.15, 0.2) is 22.7 Å². The van der Waals surface area contributed by atoms with Crippen molar-refractivity contribution < 1.29 is 18.7 Å². The molecule has 0 saturated carbocycles. The van der Waals surface area contributed by atoms with E-state index in [9.17, 15) is 9.18 Å². The Kier molecular flexibility index (Phi) is 4.81. The molecule has 9 heteroatoms. The first-order chi connectivity index (χ1) is 14.3. The number of hydrogen-bond acceptors (Lipinski definition) is 6. The fraction of sp³-hybridized carbons (Fsp3) is 0.286. The van der Waals surface area contributed by atoms with E-state index in [0.717, 1.165) is 0 Å². The van der Waals surface area contributed by atoms with Crippen molar-refractivity contribution in [2.24, 2.45) is 0 Å². The number of aromatic nitrogens is 3. The van der Waals surface area contributed by atoms with Crippen molar-refractivity contribution in [3.05, 3.63) is 60.2 Å². The van der Waals surface area contributed by atoms with E-state index >= 15 is 0 Å². The molecule has 0 saturated heterocycles. The molecule has 2 N–H and O–H groups in total. The number of rotatable bonds is 5. The molecule has 0 bridgehead atoms. The van der Waals surface area contributed by atoms with E-state index in [4.69, 9.17) is 9.47 Å². The average molecular weight is 411 g/mol. The van der Waals surface area contributed by atoms with Gasteiger partial charge in [0, 0.05) is 24.9 Å². The lowest BCUT2D eigenvalue weighted by atomic mass is 10.0. The van der Waals surface area contributed by atoms with Crippen LogP contribution in [0.15, 0.2) is 43.2 Å². The van der Waals surface area contributed by atoms with Crippen molar-refractivity contribution in [2.75, 3.05) is 19.0 Å². The van der Waals surface area contributed by atoms with E-state index in [1.807, 2.05) is 13.8 Å². The van der Waals surface area contributed by atoms with Gasteiger partial charge in [-0.25, -0.2) is 13.9 Å². The molecular weight excluding hydrogens is 389 g/mol. The van der Waals surface area contributed by atoms with Crippen LogP contribution in [0.2, 0.25) is 0 Å². The smallest absolute Gasteiger partial charge is 0.256 e. The van der Waals surface area contributed by atoms with Crippen LogP contribution in [-0.2, 0) is 0 Å². The normalized spacial score (nSPS) is 18.7. The second-order valence-electron chi connectivity index (χ2n) is 7.31. The Bertz CT molecular complexity index is 1150. The molecule has 30 heavy (non-hydrogen) atoms. The number of hydrogen-bond donors (Lipinski definition) is 2. The van der Waals surface area contributed by atoms with Crippen LogP contribution in [0.5, 0.6) is 11.5 Å². The molecule has 0 spiro atoms. The summed E-state index contributed by atoms with van der Waals surface area (Å²) in [5, 5.41) is 9.93. The van der Waals surface area contributed by atoms with Crippen molar-refractivity contribution >= 4 is 17.4 Å². The second-order valence-corrected chi connectivity index (χ2v) is 7.31. The van der Waals surface area contributed by atoms with E-state index in [1.54, 1.807) is 25.4 Å². The molecule has 3 aromatic rings. The van der Waals surface area contributed by atoms with Crippen LogP contribution in [0.3, 0.4) is 0 Å². The molecular formula is C21H22FN5O3. The third-order valence-corrected chi connectivity index (χ3v) is 5.00. The maximum atomic E-state index is 14.2. The van der Waals surface area contributed by atoms with E-state index in [-0.39, 0.29) is 18.6 Å². The van der Waals surface area contributed by atoms with Crippen LogP contribution < -0.4 is 20.1 Å². The van der Waals surface area contributed by atoms with Gasteiger partial charge in [0.1, 0.15) is 23.8 Å². The molecule has 2 aromatic heterocycles. The first-order valence-electron chi connectivity index (χ1n) is 9.45. The second kappa shape index (κ2) is 7.33. The molecule has 1 amide bonds. The zero-order valence-corrected chi connectivity index (χ0v) is 16.9. The van der Waals surface area contributed by atoms with E-state index < -0.39 is 11.4 Å². The molecule has 0 fully saturated rings. The highest BCUT2D eigenvalue weighted by molar-refractivity contribution is 5.99. The molecule has 0 radical (unpaired) electrons. The lowest BCUT2D eigenvalue weighted by Crippen LogP contribution is -2.40. The Labute approximate surface area is 172 Å². The maximum Gasteiger partial charge on any atom is 0.256 e. The summed E-state index contributed by atoms with van der Waals surface area (Å²) in [5.74, 6) is 0.600. The number of nitrogens with zero attached hydrogens (tertiary/aromatic N) is 3. The van der Waals surface area contributed by atoms with Crippen molar-refractivity contribution in [1.29, 1.82) is 0 Å². The molecule has 156 valence electrons. The summed E-state index contributed by atoms with van der Waals surface area (Å²) in [5.41, 5.74) is 0.637. The molecule has 8 nitrogen and oxygen atoms in total. The number of nitrogens with one attached hydrogen (secondary N) is 2. The molecule has 4 rings (SSSR count). The van der Waals surface area contributed by atoms with Crippen LogP contribution in [0.4, 0.5) is 10.2 Å². The number of halogens is 1. The van der Waals surface area contributed by atoms with Crippen molar-refractivity contribution in [3.8, 4) is 11.5 Å². The van der Waals surface area contributed by atoms with Gasteiger partial charge in [-0.1, -0.05) is 6.58 Å². The summed E-state index contributed by atoms with van der Waals surface area (Å²) >= 11 is 0. The van der Waals surface area contributed by atoms with Gasteiger partial charge in [0.05, 0.1) is 12.2 Å². The highest BCUT2D eigenvalue weighted by atomic mass is 19.1. The van der Waals surface area contributed by atoms with Gasteiger partial charge in [-0.05, 0) is 32.1 Å². The minimum Gasteiger partial charge on any atom is -0.485 e. The zero-order valence-electron chi connectivity index (χ0n) is 16.9. The standard InChI is InChI=1S/C21H22FN5O3/c1-5-21(3)11-29-16-9-13(22)8-14(18(16)30-21)12(2)25-17-6-7-27-19(26-17)15(10-24-27)20(28)23-4/h5-10,12H,1,11H2,2-4H3,(H,23,28)(H,25,26)/t12-,21+/m1/s1. The van der Waals surface area contributed by atoms with Gasteiger partial charge in [0.25, 0.3) is 5.91 Å². The van der Waals surface area contributed by atoms with Gasteiger partial charge >= 0.3 is 0 Å². The average Bonchev–Trinajstić information content (AvgIpc) is 3.16. The van der Waals surface area contributed by atoms with Crippen molar-refractivity contribution in [1.82, 2.24) is 19.9 Å². The third-order valence-electron chi connectivity index (χ3n) is 5.00. The molecule has 1 aliphatic heterocycles. The molecule has 0 unspecified atom stereocenters. The predicted molar refractivity (Wildman–Crippen MR) is 110 cm³/mol. The minimum atomic E-state index is -0.712. The molecule has 1 aliphatic rings. The van der Waals surface area contributed by atoms with E-state index in [1.165, 1.54) is 22.8 Å². The largest absolute Gasteiger partial charge is 0.485 e. The quantitative estimate of drug-likeness (QED) is 0.627. The predicted octanol–water partition coefficient (Wildman–Crippen LogP) is 3.12. The number of carbonyl (C=O) groups excluding carboxylic acids is 1. The fourth-order valence-electron chi connectivity index (χ4n) is 3.25. The topological polar surface area (TPSA) is 89.8 Å². The highest BCUT2D eigenvalue weighted by Crippen LogP contribution is 2.42. The Morgan fingerprint density at radius 2 is 2.27 bits per heavy atom. The molecule has 3 heterocycles. The summed E-state index contributed by atoms with van der Waals surface area (Å²) in [6.45, 7) is 7.75. The van der Waals surface area contributed by atoms with Crippen LogP contribution in [0, 0.1) is 5.82 Å². The Morgan fingerprint density at radius 1 is 1.47 bits per heavy atom. The van der Waals surface area contributed by atoms with E-state index in [0.29, 0.717) is 34.1 Å². The summed E-state index contributed by atoms with van der Waals surface area (Å²) < 4.78 is 27.5. The van der Waals surface area contributed by atoms with Crippen LogP contribution in [-0.4, -0.2) is 39.8 Å². The number of carbonyl (C=O) groups is 1. The van der Waals surface area contributed by atoms with Gasteiger partial charge in [0.2, 0.25) is 0 Å². The number of benzene rings is 1. The lowest BCUT2D eigenvalue weighted by Gasteiger charge is -2.35. The summed E-state index contributed by atoms with van der Waals surface area (Å²) in [7, 11) is 1.54. The minimum absolute atomic E-state index is 0.246. The Hall–Kier alpha value is -3.62. The zero-order chi connectivity index (χ0) is 21.5. The number of anilines is 1. The maximum absolute atomic E-state index is 14.2. The molecule has 0 aliphatic carbocycles. The van der Waals surface area contributed by atoms with Crippen molar-refractivity contribution in [2.45, 2.75) is 25.5 Å². The third kappa shape index (κ3) is 3.42. The first kappa shape index (κ1) is 19.7. The summed E-state index contributed by atoms with van der Waals surface area (Å²) in [6.07, 6.45) is 4.81. The number of amides is 1. The monoisotopic (exact) mass is 411 g/mol.